The van der Waals surface area contributed by atoms with Gasteiger partial charge in [0.15, 0.2) is 0 Å². The summed E-state index contributed by atoms with van der Waals surface area (Å²) in [4.78, 5) is 15.8. The molecule has 0 aliphatic heterocycles. The van der Waals surface area contributed by atoms with Gasteiger partial charge in [0.1, 0.15) is 0 Å². The van der Waals surface area contributed by atoms with Crippen molar-refractivity contribution in [2.24, 2.45) is 0 Å². The molecule has 3 aromatic rings. The molecule has 2 aliphatic carbocycles. The summed E-state index contributed by atoms with van der Waals surface area (Å²) >= 11 is 0. The molecule has 0 atom stereocenters. The summed E-state index contributed by atoms with van der Waals surface area (Å²) in [7, 11) is 0. The molecule has 0 saturated heterocycles. The molecule has 2 amide bonds. The molecule has 3 heteroatoms. The Kier molecular flexibility index (Phi) is 5.97. The number of amides is 2. The molecule has 1 N–H and O–H groups in total. The van der Waals surface area contributed by atoms with Crippen LogP contribution in [-0.4, -0.2) is 17.0 Å². The Labute approximate surface area is 197 Å². The highest BCUT2D eigenvalue weighted by Gasteiger charge is 2.27. The number of benzene rings is 3. The van der Waals surface area contributed by atoms with Gasteiger partial charge < -0.3 is 10.2 Å². The summed E-state index contributed by atoms with van der Waals surface area (Å²) in [5.41, 5.74) is 10.9. The summed E-state index contributed by atoms with van der Waals surface area (Å²) in [6, 6.07) is 19.9. The lowest BCUT2D eigenvalue weighted by atomic mass is 9.80. The molecule has 0 unspecified atom stereocenters. The van der Waals surface area contributed by atoms with Crippen LogP contribution in [-0.2, 0) is 6.54 Å². The SMILES string of the molecule is Cc1cc(C)c(NC(=O)N(Cc2ccc3c(c2)-c2ccccc2-3)C2CCCCCC2)c(C)c1. The average Bonchev–Trinajstić information content (AvgIpc) is 3.07. The molecule has 2 aliphatic rings. The number of anilines is 1. The molecular formula is C30H34N2O. The lowest BCUT2D eigenvalue weighted by molar-refractivity contribution is 0.175. The van der Waals surface area contributed by atoms with Crippen molar-refractivity contribution in [1.29, 1.82) is 0 Å². The third-order valence-electron chi connectivity index (χ3n) is 7.38. The predicted octanol–water partition coefficient (Wildman–Crippen LogP) is 8.02. The van der Waals surface area contributed by atoms with Crippen LogP contribution in [0.1, 0.15) is 60.8 Å². The number of nitrogens with zero attached hydrogens (tertiary/aromatic N) is 1. The first kappa shape index (κ1) is 21.8. The van der Waals surface area contributed by atoms with Gasteiger partial charge in [-0.05, 0) is 78.6 Å². The maximum Gasteiger partial charge on any atom is 0.322 e. The topological polar surface area (TPSA) is 32.3 Å². The zero-order valence-electron chi connectivity index (χ0n) is 20.1. The quantitative estimate of drug-likeness (QED) is 0.321. The largest absolute Gasteiger partial charge is 0.322 e. The van der Waals surface area contributed by atoms with Gasteiger partial charge in [0.25, 0.3) is 0 Å². The van der Waals surface area contributed by atoms with Crippen molar-refractivity contribution in [2.45, 2.75) is 71.9 Å². The third kappa shape index (κ3) is 4.29. The van der Waals surface area contributed by atoms with E-state index < -0.39 is 0 Å². The van der Waals surface area contributed by atoms with E-state index in [0.717, 1.165) is 29.7 Å². The van der Waals surface area contributed by atoms with Crippen molar-refractivity contribution in [3.05, 3.63) is 76.9 Å². The number of hydrogen-bond acceptors (Lipinski definition) is 1. The first-order valence-corrected chi connectivity index (χ1v) is 12.4. The Bertz CT molecular complexity index is 1160. The van der Waals surface area contributed by atoms with Crippen LogP contribution >= 0.6 is 0 Å². The van der Waals surface area contributed by atoms with Crippen LogP contribution in [0, 0.1) is 20.8 Å². The molecular weight excluding hydrogens is 404 g/mol. The smallest absolute Gasteiger partial charge is 0.317 e. The van der Waals surface area contributed by atoms with E-state index in [1.165, 1.54) is 59.1 Å². The van der Waals surface area contributed by atoms with E-state index in [2.05, 4.69) is 85.6 Å². The van der Waals surface area contributed by atoms with E-state index in [4.69, 9.17) is 0 Å². The number of carbonyl (C=O) groups is 1. The Balaban J connectivity index is 1.42. The molecule has 0 radical (unpaired) electrons. The normalized spacial score (nSPS) is 15.1. The van der Waals surface area contributed by atoms with Gasteiger partial charge in [-0.1, -0.05) is 79.8 Å². The highest BCUT2D eigenvalue weighted by Crippen LogP contribution is 2.47. The van der Waals surface area contributed by atoms with Gasteiger partial charge in [-0.15, -0.1) is 0 Å². The minimum atomic E-state index is 0.0278. The first-order chi connectivity index (χ1) is 16.0. The van der Waals surface area contributed by atoms with Crippen LogP contribution in [0.5, 0.6) is 0 Å². The van der Waals surface area contributed by atoms with E-state index in [1.54, 1.807) is 0 Å². The van der Waals surface area contributed by atoms with Crippen LogP contribution < -0.4 is 5.32 Å². The number of hydrogen-bond donors (Lipinski definition) is 1. The fourth-order valence-corrected chi connectivity index (χ4v) is 5.73. The van der Waals surface area contributed by atoms with E-state index >= 15 is 0 Å². The van der Waals surface area contributed by atoms with Gasteiger partial charge in [0, 0.05) is 18.3 Å². The molecule has 0 spiro atoms. The molecule has 1 fully saturated rings. The minimum absolute atomic E-state index is 0.0278. The predicted molar refractivity (Wildman–Crippen MR) is 138 cm³/mol. The van der Waals surface area contributed by atoms with Crippen LogP contribution in [0.3, 0.4) is 0 Å². The molecule has 0 heterocycles. The van der Waals surface area contributed by atoms with Crippen molar-refractivity contribution >= 4 is 11.7 Å². The fourth-order valence-electron chi connectivity index (χ4n) is 5.73. The zero-order valence-corrected chi connectivity index (χ0v) is 20.1. The second-order valence-corrected chi connectivity index (χ2v) is 9.90. The summed E-state index contributed by atoms with van der Waals surface area (Å²) in [5, 5.41) is 3.29. The Morgan fingerprint density at radius 1 is 0.818 bits per heavy atom. The average molecular weight is 439 g/mol. The maximum atomic E-state index is 13.7. The van der Waals surface area contributed by atoms with Crippen molar-refractivity contribution in [1.82, 2.24) is 4.90 Å². The van der Waals surface area contributed by atoms with Gasteiger partial charge >= 0.3 is 6.03 Å². The number of nitrogens with one attached hydrogen (secondary N) is 1. The first-order valence-electron chi connectivity index (χ1n) is 12.4. The number of fused-ring (bicyclic) bond motifs is 4. The molecule has 0 aromatic heterocycles. The minimum Gasteiger partial charge on any atom is -0.317 e. The second-order valence-electron chi connectivity index (χ2n) is 9.90. The van der Waals surface area contributed by atoms with Crippen LogP contribution in [0.25, 0.3) is 22.3 Å². The zero-order chi connectivity index (χ0) is 22.9. The standard InChI is InChI=1S/C30H34N2O/c1-20-16-21(2)29(22(3)17-20)31-30(33)32(24-10-6-4-5-7-11-24)19-23-14-15-27-25-12-8-9-13-26(25)28(27)18-23/h8-9,12-18,24H,4-7,10-11,19H2,1-3H3,(H,31,33). The number of aryl methyl sites for hydroxylation is 3. The van der Waals surface area contributed by atoms with E-state index in [9.17, 15) is 4.79 Å². The second kappa shape index (κ2) is 9.05. The Hall–Kier alpha value is -3.07. The van der Waals surface area contributed by atoms with E-state index in [0.29, 0.717) is 6.54 Å². The van der Waals surface area contributed by atoms with Gasteiger partial charge in [0.2, 0.25) is 0 Å². The van der Waals surface area contributed by atoms with Gasteiger partial charge in [-0.2, -0.15) is 0 Å². The monoisotopic (exact) mass is 438 g/mol. The fraction of sp³-hybridized carbons (Fsp3) is 0.367. The molecule has 5 rings (SSSR count). The number of rotatable bonds is 4. The number of carbonyl (C=O) groups excluding carboxylic acids is 1. The van der Waals surface area contributed by atoms with Crippen molar-refractivity contribution in [3.8, 4) is 22.3 Å². The molecule has 33 heavy (non-hydrogen) atoms. The molecule has 3 aromatic carbocycles. The highest BCUT2D eigenvalue weighted by molar-refractivity contribution is 6.02. The van der Waals surface area contributed by atoms with Crippen molar-refractivity contribution in [2.75, 3.05) is 5.32 Å². The number of urea groups is 1. The van der Waals surface area contributed by atoms with Crippen LogP contribution in [0.15, 0.2) is 54.6 Å². The summed E-state index contributed by atoms with van der Waals surface area (Å²) < 4.78 is 0. The summed E-state index contributed by atoms with van der Waals surface area (Å²) in [5.74, 6) is 0. The molecule has 3 nitrogen and oxygen atoms in total. The molecule has 170 valence electrons. The highest BCUT2D eigenvalue weighted by atomic mass is 16.2. The lowest BCUT2D eigenvalue weighted by Gasteiger charge is -2.33. The van der Waals surface area contributed by atoms with Gasteiger partial charge in [0.05, 0.1) is 0 Å². The third-order valence-corrected chi connectivity index (χ3v) is 7.38. The van der Waals surface area contributed by atoms with Crippen LogP contribution in [0.2, 0.25) is 0 Å². The van der Waals surface area contributed by atoms with Gasteiger partial charge in [-0.3, -0.25) is 0 Å². The van der Waals surface area contributed by atoms with Crippen molar-refractivity contribution in [3.63, 3.8) is 0 Å². The van der Waals surface area contributed by atoms with Gasteiger partial charge in [-0.25, -0.2) is 4.79 Å². The lowest BCUT2D eigenvalue weighted by Crippen LogP contribution is -2.42. The Morgan fingerprint density at radius 3 is 2.09 bits per heavy atom. The molecule has 1 saturated carbocycles. The van der Waals surface area contributed by atoms with Crippen molar-refractivity contribution < 1.29 is 4.79 Å². The summed E-state index contributed by atoms with van der Waals surface area (Å²) in [6.07, 6.45) is 7.14. The van der Waals surface area contributed by atoms with E-state index in [-0.39, 0.29) is 12.1 Å². The molecule has 0 bridgehead atoms. The maximum absolute atomic E-state index is 13.7. The van der Waals surface area contributed by atoms with Crippen LogP contribution in [0.4, 0.5) is 10.5 Å². The summed E-state index contributed by atoms with van der Waals surface area (Å²) in [6.45, 7) is 6.92. The van der Waals surface area contributed by atoms with E-state index in [1.807, 2.05) is 0 Å². The Morgan fingerprint density at radius 2 is 1.42 bits per heavy atom.